The lowest BCUT2D eigenvalue weighted by atomic mass is 9.91. The Balaban J connectivity index is 1.53. The van der Waals surface area contributed by atoms with E-state index in [0.29, 0.717) is 58.8 Å². The van der Waals surface area contributed by atoms with E-state index in [2.05, 4.69) is 15.2 Å². The summed E-state index contributed by atoms with van der Waals surface area (Å²) >= 11 is 0. The van der Waals surface area contributed by atoms with Crippen molar-refractivity contribution in [3.63, 3.8) is 0 Å². The number of aromatic amines is 1. The van der Waals surface area contributed by atoms with Gasteiger partial charge in [-0.15, -0.1) is 0 Å². The Morgan fingerprint density at radius 1 is 1.35 bits per heavy atom. The number of nitrogens with one attached hydrogen (secondary N) is 1. The first kappa shape index (κ1) is 18.7. The molecule has 0 radical (unpaired) electrons. The number of nitrogens with zero attached hydrogens (tertiary/aromatic N) is 5. The minimum Gasteiger partial charge on any atom is -0.383 e. The molecule has 2 amide bonds. The van der Waals surface area contributed by atoms with E-state index in [9.17, 15) is 14.7 Å². The summed E-state index contributed by atoms with van der Waals surface area (Å²) in [6.07, 6.45) is 2.55. The predicted molar refractivity (Wildman–Crippen MR) is 91.4 cm³/mol. The van der Waals surface area contributed by atoms with Crippen LogP contribution in [0.4, 0.5) is 0 Å². The normalized spacial score (nSPS) is 24.9. The van der Waals surface area contributed by atoms with Crippen molar-refractivity contribution in [2.45, 2.75) is 18.4 Å². The molecule has 0 aromatic carbocycles. The number of H-pyrrole nitrogens is 1. The minimum atomic E-state index is -1.36. The Hall–Kier alpha value is -2.04. The second kappa shape index (κ2) is 8.11. The third-order valence-corrected chi connectivity index (χ3v) is 5.03. The molecule has 2 fully saturated rings. The van der Waals surface area contributed by atoms with Crippen molar-refractivity contribution < 1.29 is 19.4 Å². The van der Waals surface area contributed by atoms with Crippen LogP contribution in [0, 0.1) is 0 Å². The van der Waals surface area contributed by atoms with Crippen LogP contribution in [0.2, 0.25) is 0 Å². The average Bonchev–Trinajstić information content (AvgIpc) is 3.18. The van der Waals surface area contributed by atoms with E-state index >= 15 is 0 Å². The highest BCUT2D eigenvalue weighted by Crippen LogP contribution is 2.24. The highest BCUT2D eigenvalue weighted by atomic mass is 16.5. The Kier molecular flexibility index (Phi) is 5.84. The highest BCUT2D eigenvalue weighted by Gasteiger charge is 2.43. The van der Waals surface area contributed by atoms with E-state index in [4.69, 9.17) is 4.74 Å². The van der Waals surface area contributed by atoms with Gasteiger partial charge >= 0.3 is 0 Å². The van der Waals surface area contributed by atoms with Crippen LogP contribution >= 0.6 is 0 Å². The lowest BCUT2D eigenvalue weighted by Crippen LogP contribution is -2.61. The number of ether oxygens (including phenoxy) is 1. The summed E-state index contributed by atoms with van der Waals surface area (Å²) < 4.78 is 5.04. The van der Waals surface area contributed by atoms with Gasteiger partial charge in [0.1, 0.15) is 6.33 Å². The van der Waals surface area contributed by atoms with Gasteiger partial charge in [0.25, 0.3) is 11.8 Å². The number of aliphatic hydroxyl groups is 1. The van der Waals surface area contributed by atoms with Crippen LogP contribution in [0.5, 0.6) is 0 Å². The Morgan fingerprint density at radius 3 is 2.77 bits per heavy atom. The molecule has 1 aromatic rings. The van der Waals surface area contributed by atoms with Crippen molar-refractivity contribution in [1.82, 2.24) is 29.9 Å². The van der Waals surface area contributed by atoms with Gasteiger partial charge in [0.05, 0.1) is 6.61 Å². The van der Waals surface area contributed by atoms with E-state index in [1.54, 1.807) is 16.9 Å². The molecule has 10 nitrogen and oxygen atoms in total. The number of methoxy groups -OCH3 is 1. The summed E-state index contributed by atoms with van der Waals surface area (Å²) in [5.41, 5.74) is -1.36. The van der Waals surface area contributed by atoms with E-state index in [1.807, 2.05) is 4.90 Å². The maximum absolute atomic E-state index is 12.7. The molecule has 1 aromatic heterocycles. The van der Waals surface area contributed by atoms with Crippen LogP contribution in [0.3, 0.4) is 0 Å². The largest absolute Gasteiger partial charge is 0.383 e. The zero-order valence-corrected chi connectivity index (χ0v) is 15.1. The standard InChI is InChI=1S/C16H26N6O4/c1-26-10-9-22-4-2-3-16(25,15(22)24)11-20-5-7-21(8-6-20)14(23)13-17-12-18-19-13/h12,25H,2-11H2,1H3,(H,17,18,19)/t16-/m1/s1. The maximum atomic E-state index is 12.7. The first-order valence-corrected chi connectivity index (χ1v) is 8.91. The van der Waals surface area contributed by atoms with Gasteiger partial charge in [0.15, 0.2) is 5.60 Å². The van der Waals surface area contributed by atoms with Crippen LogP contribution < -0.4 is 0 Å². The lowest BCUT2D eigenvalue weighted by Gasteiger charge is -2.42. The second-order valence-corrected chi connectivity index (χ2v) is 6.82. The smallest absolute Gasteiger partial charge is 0.291 e. The SMILES string of the molecule is COCCN1CCC[C@@](O)(CN2CCN(C(=O)c3ncn[nH]3)CC2)C1=O. The molecule has 2 saturated heterocycles. The fourth-order valence-electron chi connectivity index (χ4n) is 3.56. The molecular formula is C16H26N6O4. The van der Waals surface area contributed by atoms with Gasteiger partial charge < -0.3 is 19.6 Å². The number of likely N-dealkylation sites (tertiary alicyclic amines) is 1. The van der Waals surface area contributed by atoms with Crippen molar-refractivity contribution in [3.8, 4) is 0 Å². The number of rotatable bonds is 6. The van der Waals surface area contributed by atoms with Gasteiger partial charge in [-0.3, -0.25) is 19.6 Å². The molecule has 0 aliphatic carbocycles. The molecule has 26 heavy (non-hydrogen) atoms. The van der Waals surface area contributed by atoms with Crippen LogP contribution in [-0.2, 0) is 9.53 Å². The summed E-state index contributed by atoms with van der Waals surface area (Å²) in [5.74, 6) is -0.172. The van der Waals surface area contributed by atoms with Crippen LogP contribution in [0.25, 0.3) is 0 Å². The highest BCUT2D eigenvalue weighted by molar-refractivity contribution is 5.90. The molecule has 3 heterocycles. The van der Waals surface area contributed by atoms with Crippen LogP contribution in [0.1, 0.15) is 23.5 Å². The number of carbonyl (C=O) groups is 2. The minimum absolute atomic E-state index is 0.180. The van der Waals surface area contributed by atoms with E-state index < -0.39 is 5.60 Å². The second-order valence-electron chi connectivity index (χ2n) is 6.82. The first-order valence-electron chi connectivity index (χ1n) is 8.91. The summed E-state index contributed by atoms with van der Waals surface area (Å²) in [4.78, 5) is 34.2. The van der Waals surface area contributed by atoms with Crippen molar-refractivity contribution in [2.75, 3.05) is 59.5 Å². The fraction of sp³-hybridized carbons (Fsp3) is 0.750. The summed E-state index contributed by atoms with van der Waals surface area (Å²) in [6, 6.07) is 0. The number of aromatic nitrogens is 3. The number of β-amino-alcohol motifs (C(OH)–C–C–N with tert-alkyl or cyclic N) is 1. The third-order valence-electron chi connectivity index (χ3n) is 5.03. The first-order chi connectivity index (χ1) is 12.5. The number of piperidine rings is 1. The summed E-state index contributed by atoms with van der Waals surface area (Å²) in [7, 11) is 1.60. The van der Waals surface area contributed by atoms with E-state index in [1.165, 1.54) is 6.33 Å². The van der Waals surface area contributed by atoms with Gasteiger partial charge in [-0.1, -0.05) is 0 Å². The zero-order valence-electron chi connectivity index (χ0n) is 15.1. The molecule has 0 spiro atoms. The van der Waals surface area contributed by atoms with Crippen LogP contribution in [0.15, 0.2) is 6.33 Å². The van der Waals surface area contributed by atoms with E-state index in [-0.39, 0.29) is 17.6 Å². The van der Waals surface area contributed by atoms with Gasteiger partial charge in [-0.25, -0.2) is 4.98 Å². The quantitative estimate of drug-likeness (QED) is 0.634. The topological polar surface area (TPSA) is 115 Å². The van der Waals surface area contributed by atoms with Crippen LogP contribution in [-0.4, -0.2) is 112 Å². The lowest BCUT2D eigenvalue weighted by molar-refractivity contribution is -0.160. The molecule has 3 rings (SSSR count). The monoisotopic (exact) mass is 366 g/mol. The number of amides is 2. The summed E-state index contributed by atoms with van der Waals surface area (Å²) in [5, 5.41) is 17.2. The van der Waals surface area contributed by atoms with E-state index in [0.717, 1.165) is 6.42 Å². The number of piperazine rings is 1. The molecule has 2 N–H and O–H groups in total. The number of hydrogen-bond acceptors (Lipinski definition) is 7. The molecular weight excluding hydrogens is 340 g/mol. The Morgan fingerprint density at radius 2 is 2.12 bits per heavy atom. The molecule has 2 aliphatic heterocycles. The maximum Gasteiger partial charge on any atom is 0.291 e. The molecule has 0 saturated carbocycles. The average molecular weight is 366 g/mol. The summed E-state index contributed by atoms with van der Waals surface area (Å²) in [6.45, 7) is 4.17. The van der Waals surface area contributed by atoms with Crippen molar-refractivity contribution in [3.05, 3.63) is 12.2 Å². The fourth-order valence-corrected chi connectivity index (χ4v) is 3.56. The van der Waals surface area contributed by atoms with Gasteiger partial charge in [-0.05, 0) is 12.8 Å². The molecule has 144 valence electrons. The predicted octanol–water partition coefficient (Wildman–Crippen LogP) is -1.44. The van der Waals surface area contributed by atoms with Crippen molar-refractivity contribution in [1.29, 1.82) is 0 Å². The van der Waals surface area contributed by atoms with Gasteiger partial charge in [-0.2, -0.15) is 5.10 Å². The van der Waals surface area contributed by atoms with Gasteiger partial charge in [0.2, 0.25) is 5.82 Å². The van der Waals surface area contributed by atoms with Crippen molar-refractivity contribution >= 4 is 11.8 Å². The third kappa shape index (κ3) is 4.02. The molecule has 0 bridgehead atoms. The van der Waals surface area contributed by atoms with Crippen molar-refractivity contribution in [2.24, 2.45) is 0 Å². The Bertz CT molecular complexity index is 616. The molecule has 2 aliphatic rings. The number of hydrogen-bond donors (Lipinski definition) is 2. The Labute approximate surface area is 152 Å². The molecule has 0 unspecified atom stereocenters. The zero-order chi connectivity index (χ0) is 18.6. The molecule has 10 heteroatoms. The number of carbonyl (C=O) groups excluding carboxylic acids is 2. The molecule has 1 atom stereocenters. The van der Waals surface area contributed by atoms with Gasteiger partial charge in [0, 0.05) is 52.9 Å².